The van der Waals surface area contributed by atoms with E-state index in [-0.39, 0.29) is 12.3 Å². The fourth-order valence-corrected chi connectivity index (χ4v) is 2.99. The van der Waals surface area contributed by atoms with Gasteiger partial charge in [0.15, 0.2) is 0 Å². The van der Waals surface area contributed by atoms with Gasteiger partial charge in [-0.2, -0.15) is 0 Å². The lowest BCUT2D eigenvalue weighted by molar-refractivity contribution is -0.889. The van der Waals surface area contributed by atoms with Crippen LogP contribution in [0.25, 0.3) is 0 Å². The number of carbonyl (C=O) groups excluding carboxylic acids is 2. The molecule has 2 atom stereocenters. The van der Waals surface area contributed by atoms with Crippen molar-refractivity contribution < 1.29 is 23.9 Å². The third-order valence-electron chi connectivity index (χ3n) is 4.67. The van der Waals surface area contributed by atoms with Gasteiger partial charge in [-0.3, -0.25) is 4.79 Å². The highest BCUT2D eigenvalue weighted by atomic mass is 16.6. The molecule has 0 fully saturated rings. The highest BCUT2D eigenvalue weighted by Crippen LogP contribution is 2.14. The maximum Gasteiger partial charge on any atom is 0.330 e. The van der Waals surface area contributed by atoms with Gasteiger partial charge >= 0.3 is 5.97 Å². The first-order chi connectivity index (χ1) is 13.3. The number of aliphatic hydroxyl groups is 1. The topological polar surface area (TPSA) is 75.6 Å². The molecule has 0 spiro atoms. The predicted octanol–water partition coefficient (Wildman–Crippen LogP) is 2.96. The van der Waals surface area contributed by atoms with E-state index >= 15 is 0 Å². The summed E-state index contributed by atoms with van der Waals surface area (Å²) in [6.45, 7) is 10.3. The van der Waals surface area contributed by atoms with Crippen LogP contribution in [0.4, 0.5) is 0 Å². The molecule has 0 aliphatic heterocycles. The van der Waals surface area contributed by atoms with E-state index in [4.69, 9.17) is 4.74 Å². The van der Waals surface area contributed by atoms with Crippen molar-refractivity contribution in [3.05, 3.63) is 24.8 Å². The molecule has 1 amide bonds. The Hall–Kier alpha value is -1.66. The van der Waals surface area contributed by atoms with Crippen LogP contribution in [0.2, 0.25) is 0 Å². The highest BCUT2D eigenvalue weighted by molar-refractivity contribution is 5.81. The molecule has 0 aliphatic rings. The predicted molar refractivity (Wildman–Crippen MR) is 114 cm³/mol. The van der Waals surface area contributed by atoms with Crippen molar-refractivity contribution in [3.8, 4) is 0 Å². The first-order valence-corrected chi connectivity index (χ1v) is 10.5. The van der Waals surface area contributed by atoms with E-state index in [1.165, 1.54) is 0 Å². The first-order valence-electron chi connectivity index (χ1n) is 10.5. The molecule has 0 aliphatic carbocycles. The highest BCUT2D eigenvalue weighted by Gasteiger charge is 2.21. The Balaban J connectivity index is 4.27. The summed E-state index contributed by atoms with van der Waals surface area (Å²) in [7, 11) is 4.32. The second kappa shape index (κ2) is 15.3. The van der Waals surface area contributed by atoms with Gasteiger partial charge in [-0.05, 0) is 25.7 Å². The van der Waals surface area contributed by atoms with Crippen LogP contribution < -0.4 is 5.32 Å². The van der Waals surface area contributed by atoms with Crippen molar-refractivity contribution in [2.45, 2.75) is 71.0 Å². The third-order valence-corrected chi connectivity index (χ3v) is 4.67. The van der Waals surface area contributed by atoms with Crippen LogP contribution in [0.3, 0.4) is 0 Å². The molecule has 162 valence electrons. The van der Waals surface area contributed by atoms with Crippen molar-refractivity contribution in [2.24, 2.45) is 0 Å². The van der Waals surface area contributed by atoms with Gasteiger partial charge < -0.3 is 19.6 Å². The number of amides is 1. The molecule has 0 aromatic heterocycles. The van der Waals surface area contributed by atoms with Crippen LogP contribution in [0.15, 0.2) is 24.8 Å². The van der Waals surface area contributed by atoms with Gasteiger partial charge in [0.1, 0.15) is 6.10 Å². The fourth-order valence-electron chi connectivity index (χ4n) is 2.99. The zero-order chi connectivity index (χ0) is 21.4. The molecular formula is C22H41N2O4+. The number of rotatable bonds is 16. The number of nitrogens with zero attached hydrogens (tertiary/aromatic N) is 1. The van der Waals surface area contributed by atoms with E-state index in [1.54, 1.807) is 12.2 Å². The average Bonchev–Trinajstić information content (AvgIpc) is 2.63. The Morgan fingerprint density at radius 1 is 1.14 bits per heavy atom. The van der Waals surface area contributed by atoms with Gasteiger partial charge in [-0.1, -0.05) is 45.4 Å². The van der Waals surface area contributed by atoms with E-state index < -0.39 is 18.2 Å². The molecule has 0 aromatic carbocycles. The van der Waals surface area contributed by atoms with Gasteiger partial charge in [-0.25, -0.2) is 4.79 Å². The molecule has 0 saturated heterocycles. The first kappa shape index (κ1) is 26.3. The maximum absolute atomic E-state index is 11.9. The van der Waals surface area contributed by atoms with Gasteiger partial charge in [0.05, 0.1) is 39.8 Å². The van der Waals surface area contributed by atoms with E-state index in [1.807, 2.05) is 0 Å². The van der Waals surface area contributed by atoms with Crippen molar-refractivity contribution >= 4 is 11.9 Å². The second-order valence-corrected chi connectivity index (χ2v) is 7.89. The quantitative estimate of drug-likeness (QED) is 0.138. The minimum absolute atomic E-state index is 0.0279. The number of quaternary nitrogens is 1. The van der Waals surface area contributed by atoms with Crippen molar-refractivity contribution in [2.75, 3.05) is 33.7 Å². The van der Waals surface area contributed by atoms with Crippen LogP contribution in [0.5, 0.6) is 0 Å². The lowest BCUT2D eigenvalue weighted by atomic mass is 10.0. The number of esters is 1. The molecular weight excluding hydrogens is 356 g/mol. The summed E-state index contributed by atoms with van der Waals surface area (Å²) in [5.74, 6) is -0.548. The summed E-state index contributed by atoms with van der Waals surface area (Å²) in [5, 5.41) is 13.3. The summed E-state index contributed by atoms with van der Waals surface area (Å²) < 4.78 is 6.16. The van der Waals surface area contributed by atoms with Crippen molar-refractivity contribution in [1.29, 1.82) is 0 Å². The Kier molecular flexibility index (Phi) is 14.4. The Labute approximate surface area is 171 Å². The third kappa shape index (κ3) is 13.5. The Morgan fingerprint density at radius 3 is 2.46 bits per heavy atom. The van der Waals surface area contributed by atoms with Crippen LogP contribution in [-0.4, -0.2) is 67.4 Å². The zero-order valence-corrected chi connectivity index (χ0v) is 18.3. The fraction of sp³-hybridized carbons (Fsp3) is 0.727. The number of unbranched alkanes of at least 4 members (excludes halogenated alkanes) is 2. The summed E-state index contributed by atoms with van der Waals surface area (Å²) in [5.41, 5.74) is 0. The molecule has 6 nitrogen and oxygen atoms in total. The minimum atomic E-state index is -0.785. The van der Waals surface area contributed by atoms with E-state index in [0.29, 0.717) is 19.4 Å². The summed E-state index contributed by atoms with van der Waals surface area (Å²) in [6.07, 6.45) is 8.64. The maximum atomic E-state index is 11.9. The largest absolute Gasteiger partial charge is 0.456 e. The summed E-state index contributed by atoms with van der Waals surface area (Å²) in [4.78, 5) is 23.4. The number of nitrogens with one attached hydrogen (secondary N) is 1. The average molecular weight is 398 g/mol. The monoisotopic (exact) mass is 397 g/mol. The number of carbonyl (C=O) groups is 2. The van der Waals surface area contributed by atoms with E-state index in [2.05, 4.69) is 39.8 Å². The Morgan fingerprint density at radius 2 is 1.86 bits per heavy atom. The summed E-state index contributed by atoms with van der Waals surface area (Å²) in [6, 6.07) is 0. The molecule has 0 heterocycles. The number of hydrogen-bond acceptors (Lipinski definition) is 4. The van der Waals surface area contributed by atoms with E-state index in [0.717, 1.165) is 49.3 Å². The normalized spacial score (nSPS) is 13.9. The molecule has 6 heteroatoms. The molecule has 2 N–H and O–H groups in total. The molecule has 0 bridgehead atoms. The second-order valence-electron chi connectivity index (χ2n) is 7.89. The molecule has 28 heavy (non-hydrogen) atoms. The molecule has 0 saturated carbocycles. The number of aliphatic hydroxyl groups excluding tert-OH is 1. The Bertz CT molecular complexity index is 489. The number of ether oxygens (including phenoxy) is 1. The lowest BCUT2D eigenvalue weighted by Gasteiger charge is -2.29. The standard InChI is InChI=1S/C22H40N2O4/c1-6-9-10-14-20(28-22(27)8-3)19(25)13-11-12-15-21(26)23-16-18-24(4,5)17-7-2/h8,11-12,19-20,25H,3,6-7,9-10,13-18H2,1-2,4-5H3/p+1/b12-11+. The van der Waals surface area contributed by atoms with Crippen LogP contribution >= 0.6 is 0 Å². The number of likely N-dealkylation sites (N-methyl/N-ethyl adjacent to an activating group) is 1. The molecule has 2 unspecified atom stereocenters. The van der Waals surface area contributed by atoms with Crippen LogP contribution in [0, 0.1) is 0 Å². The number of hydrogen-bond donors (Lipinski definition) is 2. The molecule has 0 radical (unpaired) electrons. The smallest absolute Gasteiger partial charge is 0.330 e. The van der Waals surface area contributed by atoms with Crippen LogP contribution in [0.1, 0.15) is 58.8 Å². The molecule has 0 aromatic rings. The van der Waals surface area contributed by atoms with Crippen molar-refractivity contribution in [3.63, 3.8) is 0 Å². The van der Waals surface area contributed by atoms with E-state index in [9.17, 15) is 14.7 Å². The van der Waals surface area contributed by atoms with Crippen LogP contribution in [-0.2, 0) is 14.3 Å². The minimum Gasteiger partial charge on any atom is -0.456 e. The van der Waals surface area contributed by atoms with Gasteiger partial charge in [0, 0.05) is 12.5 Å². The van der Waals surface area contributed by atoms with Gasteiger partial charge in [0.25, 0.3) is 0 Å². The lowest BCUT2D eigenvalue weighted by Crippen LogP contribution is -2.45. The molecule has 0 rings (SSSR count). The van der Waals surface area contributed by atoms with Gasteiger partial charge in [0.2, 0.25) is 5.91 Å². The van der Waals surface area contributed by atoms with Gasteiger partial charge in [-0.15, -0.1) is 0 Å². The SMILES string of the molecule is C=CC(=O)OC(CCCCC)C(O)C/C=C/CC(=O)NCC[N+](C)(C)CCC. The summed E-state index contributed by atoms with van der Waals surface area (Å²) >= 11 is 0. The zero-order valence-electron chi connectivity index (χ0n) is 18.3. The van der Waals surface area contributed by atoms with Crippen molar-refractivity contribution in [1.82, 2.24) is 5.32 Å².